The third-order valence-electron chi connectivity index (χ3n) is 2.56. The van der Waals surface area contributed by atoms with Crippen LogP contribution in [-0.4, -0.2) is 26.0 Å². The second kappa shape index (κ2) is 6.01. The first-order chi connectivity index (χ1) is 7.56. The molecule has 1 heterocycles. The van der Waals surface area contributed by atoms with Crippen molar-refractivity contribution in [2.24, 2.45) is 0 Å². The fraction of sp³-hybridized carbons (Fsp3) is 0.583. The molecule has 0 atom stereocenters. The zero-order chi connectivity index (χ0) is 12.0. The molecule has 0 aliphatic heterocycles. The van der Waals surface area contributed by atoms with Crippen molar-refractivity contribution in [2.45, 2.75) is 25.7 Å². The summed E-state index contributed by atoms with van der Waals surface area (Å²) in [6.45, 7) is 6.05. The van der Waals surface area contributed by atoms with Crippen molar-refractivity contribution in [3.05, 3.63) is 22.4 Å². The van der Waals surface area contributed by atoms with Crippen LogP contribution in [0.15, 0.2) is 17.5 Å². The van der Waals surface area contributed by atoms with Gasteiger partial charge in [0.2, 0.25) is 5.91 Å². The number of hydrogen-bond donors (Lipinski definition) is 2. The first-order valence-corrected chi connectivity index (χ1v) is 6.39. The van der Waals surface area contributed by atoms with Gasteiger partial charge in [-0.15, -0.1) is 11.3 Å². The largest absolute Gasteiger partial charge is 0.359 e. The summed E-state index contributed by atoms with van der Waals surface area (Å²) in [7, 11) is 1.66. The number of carbonyl (C=O) groups excluding carboxylic acids is 1. The molecule has 0 saturated carbocycles. The van der Waals surface area contributed by atoms with Crippen LogP contribution in [0.2, 0.25) is 0 Å². The van der Waals surface area contributed by atoms with Gasteiger partial charge in [-0.2, -0.15) is 0 Å². The lowest BCUT2D eigenvalue weighted by Gasteiger charge is -2.23. The highest BCUT2D eigenvalue weighted by atomic mass is 32.1. The minimum absolute atomic E-state index is 0.0847. The summed E-state index contributed by atoms with van der Waals surface area (Å²) in [5.41, 5.74) is 0.136. The van der Waals surface area contributed by atoms with E-state index in [1.54, 1.807) is 18.4 Å². The van der Waals surface area contributed by atoms with Gasteiger partial charge in [0.15, 0.2) is 0 Å². The molecule has 1 aromatic rings. The number of rotatable bonds is 6. The van der Waals surface area contributed by atoms with Gasteiger partial charge in [0, 0.05) is 36.9 Å². The average Bonchev–Trinajstić information content (AvgIpc) is 2.78. The standard InChI is InChI=1S/C12H20N2OS/c1-12(2,10-5-4-8-16-10)9-14-7-6-11(15)13-3/h4-5,8,14H,6-7,9H2,1-3H3,(H,13,15). The molecule has 1 aromatic heterocycles. The Morgan fingerprint density at radius 2 is 2.25 bits per heavy atom. The molecule has 0 aliphatic rings. The van der Waals surface area contributed by atoms with E-state index in [9.17, 15) is 4.79 Å². The number of carbonyl (C=O) groups is 1. The summed E-state index contributed by atoms with van der Waals surface area (Å²) in [6, 6.07) is 4.23. The van der Waals surface area contributed by atoms with Gasteiger partial charge in [-0.25, -0.2) is 0 Å². The lowest BCUT2D eigenvalue weighted by molar-refractivity contribution is -0.120. The minimum Gasteiger partial charge on any atom is -0.359 e. The average molecular weight is 240 g/mol. The van der Waals surface area contributed by atoms with E-state index in [1.807, 2.05) is 0 Å². The van der Waals surface area contributed by atoms with Crippen LogP contribution in [-0.2, 0) is 10.2 Å². The van der Waals surface area contributed by atoms with Gasteiger partial charge >= 0.3 is 0 Å². The third-order valence-corrected chi connectivity index (χ3v) is 3.80. The predicted molar refractivity (Wildman–Crippen MR) is 68.9 cm³/mol. The summed E-state index contributed by atoms with van der Waals surface area (Å²) in [5.74, 6) is 0.0847. The Bertz CT molecular complexity index is 320. The van der Waals surface area contributed by atoms with E-state index in [4.69, 9.17) is 0 Å². The maximum Gasteiger partial charge on any atom is 0.221 e. The molecule has 0 aromatic carbocycles. The zero-order valence-electron chi connectivity index (χ0n) is 10.2. The molecule has 0 bridgehead atoms. The lowest BCUT2D eigenvalue weighted by Crippen LogP contribution is -2.34. The number of thiophene rings is 1. The number of nitrogens with one attached hydrogen (secondary N) is 2. The maximum absolute atomic E-state index is 11.0. The third kappa shape index (κ3) is 3.94. The van der Waals surface area contributed by atoms with E-state index in [2.05, 4.69) is 42.0 Å². The van der Waals surface area contributed by atoms with Gasteiger partial charge in [0.1, 0.15) is 0 Å². The van der Waals surface area contributed by atoms with E-state index >= 15 is 0 Å². The van der Waals surface area contributed by atoms with Crippen molar-refractivity contribution in [1.29, 1.82) is 0 Å². The molecule has 0 spiro atoms. The van der Waals surface area contributed by atoms with E-state index in [0.717, 1.165) is 13.1 Å². The van der Waals surface area contributed by atoms with Crippen LogP contribution in [0, 0.1) is 0 Å². The van der Waals surface area contributed by atoms with Crippen LogP contribution in [0.4, 0.5) is 0 Å². The molecule has 0 aliphatic carbocycles. The van der Waals surface area contributed by atoms with Crippen LogP contribution in [0.3, 0.4) is 0 Å². The van der Waals surface area contributed by atoms with Crippen LogP contribution < -0.4 is 10.6 Å². The second-order valence-electron chi connectivity index (χ2n) is 4.46. The maximum atomic E-state index is 11.0. The quantitative estimate of drug-likeness (QED) is 0.744. The summed E-state index contributed by atoms with van der Waals surface area (Å²) in [6.07, 6.45) is 0.539. The van der Waals surface area contributed by atoms with Gasteiger partial charge < -0.3 is 10.6 Å². The Morgan fingerprint density at radius 3 is 2.81 bits per heavy atom. The molecular formula is C12H20N2OS. The van der Waals surface area contributed by atoms with Crippen molar-refractivity contribution >= 4 is 17.2 Å². The van der Waals surface area contributed by atoms with Crippen molar-refractivity contribution in [1.82, 2.24) is 10.6 Å². The monoisotopic (exact) mass is 240 g/mol. The van der Waals surface area contributed by atoms with E-state index < -0.39 is 0 Å². The highest BCUT2D eigenvalue weighted by molar-refractivity contribution is 7.10. The first-order valence-electron chi connectivity index (χ1n) is 5.51. The Balaban J connectivity index is 2.29. The zero-order valence-corrected chi connectivity index (χ0v) is 11.0. The summed E-state index contributed by atoms with van der Waals surface area (Å²) in [5, 5.41) is 8.04. The molecule has 16 heavy (non-hydrogen) atoms. The molecule has 2 N–H and O–H groups in total. The second-order valence-corrected chi connectivity index (χ2v) is 5.41. The molecule has 0 radical (unpaired) electrons. The molecule has 0 unspecified atom stereocenters. The Hall–Kier alpha value is -0.870. The normalized spacial score (nSPS) is 11.4. The van der Waals surface area contributed by atoms with E-state index in [1.165, 1.54) is 4.88 Å². The van der Waals surface area contributed by atoms with Gasteiger partial charge in [-0.3, -0.25) is 4.79 Å². The topological polar surface area (TPSA) is 41.1 Å². The highest BCUT2D eigenvalue weighted by Crippen LogP contribution is 2.26. The van der Waals surface area contributed by atoms with Crippen molar-refractivity contribution in [3.63, 3.8) is 0 Å². The van der Waals surface area contributed by atoms with Crippen molar-refractivity contribution in [2.75, 3.05) is 20.1 Å². The summed E-state index contributed by atoms with van der Waals surface area (Å²) < 4.78 is 0. The lowest BCUT2D eigenvalue weighted by atomic mass is 9.91. The predicted octanol–water partition coefficient (Wildman–Crippen LogP) is 1.75. The van der Waals surface area contributed by atoms with Crippen LogP contribution in [0.5, 0.6) is 0 Å². The van der Waals surface area contributed by atoms with Gasteiger partial charge in [0.05, 0.1) is 0 Å². The molecule has 1 amide bonds. The van der Waals surface area contributed by atoms with E-state index in [-0.39, 0.29) is 11.3 Å². The summed E-state index contributed by atoms with van der Waals surface area (Å²) in [4.78, 5) is 12.4. The van der Waals surface area contributed by atoms with Crippen LogP contribution >= 0.6 is 11.3 Å². The molecule has 1 rings (SSSR count). The Kier molecular flexibility index (Phi) is 4.96. The number of amides is 1. The van der Waals surface area contributed by atoms with Gasteiger partial charge in [-0.05, 0) is 11.4 Å². The SMILES string of the molecule is CNC(=O)CCNCC(C)(C)c1cccs1. The molecule has 3 nitrogen and oxygen atoms in total. The molecular weight excluding hydrogens is 220 g/mol. The Morgan fingerprint density at radius 1 is 1.50 bits per heavy atom. The van der Waals surface area contributed by atoms with E-state index in [0.29, 0.717) is 6.42 Å². The molecule has 0 saturated heterocycles. The summed E-state index contributed by atoms with van der Waals surface area (Å²) >= 11 is 1.78. The van der Waals surface area contributed by atoms with Crippen molar-refractivity contribution in [3.8, 4) is 0 Å². The molecule has 90 valence electrons. The molecule has 0 fully saturated rings. The fourth-order valence-corrected chi connectivity index (χ4v) is 2.33. The highest BCUT2D eigenvalue weighted by Gasteiger charge is 2.20. The Labute approximate surface area is 101 Å². The van der Waals surface area contributed by atoms with Crippen molar-refractivity contribution < 1.29 is 4.79 Å². The smallest absolute Gasteiger partial charge is 0.221 e. The molecule has 4 heteroatoms. The van der Waals surface area contributed by atoms with Crippen LogP contribution in [0.25, 0.3) is 0 Å². The van der Waals surface area contributed by atoms with Gasteiger partial charge in [0.25, 0.3) is 0 Å². The minimum atomic E-state index is 0.0847. The van der Waals surface area contributed by atoms with Crippen LogP contribution in [0.1, 0.15) is 25.1 Å². The number of hydrogen-bond acceptors (Lipinski definition) is 3. The van der Waals surface area contributed by atoms with Gasteiger partial charge in [-0.1, -0.05) is 19.9 Å². The first kappa shape index (κ1) is 13.2. The fourth-order valence-electron chi connectivity index (χ4n) is 1.48.